The first-order valence-electron chi connectivity index (χ1n) is 9.99. The van der Waals surface area contributed by atoms with Crippen LogP contribution in [0.3, 0.4) is 0 Å². The van der Waals surface area contributed by atoms with Crippen molar-refractivity contribution in [2.24, 2.45) is 0 Å². The van der Waals surface area contributed by atoms with Crippen molar-refractivity contribution in [2.45, 2.75) is 39.0 Å². The van der Waals surface area contributed by atoms with Gasteiger partial charge in [0.1, 0.15) is 5.82 Å². The average molecular weight is 401 g/mol. The molecule has 4 nitrogen and oxygen atoms in total. The molecule has 6 heteroatoms. The number of carbonyl (C=O) groups excluding carboxylic acids is 2. The Morgan fingerprint density at radius 3 is 2.46 bits per heavy atom. The molecule has 1 saturated heterocycles. The van der Waals surface area contributed by atoms with Gasteiger partial charge in [0.05, 0.1) is 10.6 Å². The van der Waals surface area contributed by atoms with E-state index in [9.17, 15) is 14.0 Å². The molecule has 28 heavy (non-hydrogen) atoms. The molecule has 1 aliphatic carbocycles. The summed E-state index contributed by atoms with van der Waals surface area (Å²) in [5.74, 6) is -0.421. The Labute approximate surface area is 169 Å². The number of Topliss-reactive ketones (excluding diaryl/α,β-unsaturated/α-hetero) is 1. The SMILES string of the molecule is CC(=O)c1ccc(N2CCN(C(=O)c3cc4c(s3)CCCCC4)CC2)c(F)c1. The molecule has 2 aromatic rings. The second-order valence-electron chi connectivity index (χ2n) is 7.62. The number of hydrogen-bond donors (Lipinski definition) is 0. The molecule has 1 aromatic carbocycles. The van der Waals surface area contributed by atoms with Crippen LogP contribution in [0, 0.1) is 5.82 Å². The zero-order chi connectivity index (χ0) is 19.7. The Morgan fingerprint density at radius 1 is 1.00 bits per heavy atom. The van der Waals surface area contributed by atoms with Gasteiger partial charge >= 0.3 is 0 Å². The lowest BCUT2D eigenvalue weighted by molar-refractivity contribution is 0.0751. The zero-order valence-corrected chi connectivity index (χ0v) is 17.0. The van der Waals surface area contributed by atoms with Crippen molar-refractivity contribution in [3.63, 3.8) is 0 Å². The van der Waals surface area contributed by atoms with Crippen molar-refractivity contribution in [2.75, 3.05) is 31.1 Å². The number of halogens is 1. The van der Waals surface area contributed by atoms with Crippen LogP contribution in [0.15, 0.2) is 24.3 Å². The number of benzene rings is 1. The number of carbonyl (C=O) groups is 2. The predicted molar refractivity (Wildman–Crippen MR) is 110 cm³/mol. The average Bonchev–Trinajstić information content (AvgIpc) is 2.98. The third-order valence-corrected chi connectivity index (χ3v) is 6.94. The summed E-state index contributed by atoms with van der Waals surface area (Å²) in [6, 6.07) is 6.73. The normalized spacial score (nSPS) is 17.2. The van der Waals surface area contributed by atoms with Crippen LogP contribution in [-0.4, -0.2) is 42.8 Å². The number of thiophene rings is 1. The van der Waals surface area contributed by atoms with Crippen LogP contribution >= 0.6 is 11.3 Å². The maximum absolute atomic E-state index is 14.4. The maximum Gasteiger partial charge on any atom is 0.264 e. The fourth-order valence-corrected chi connectivity index (χ4v) is 5.28. The van der Waals surface area contributed by atoms with Gasteiger partial charge in [-0.1, -0.05) is 6.42 Å². The lowest BCUT2D eigenvalue weighted by Gasteiger charge is -2.36. The summed E-state index contributed by atoms with van der Waals surface area (Å²) in [6.07, 6.45) is 5.88. The molecule has 2 heterocycles. The number of aryl methyl sites for hydroxylation is 2. The number of fused-ring (bicyclic) bond motifs is 1. The minimum absolute atomic E-state index is 0.102. The minimum Gasteiger partial charge on any atom is -0.366 e. The standard InChI is InChI=1S/C22H25FN2O2S/c1-15(26)16-7-8-19(18(23)13-16)24-9-11-25(12-10-24)22(27)21-14-17-5-3-2-4-6-20(17)28-21/h7-8,13-14H,2-6,9-12H2,1H3. The van der Waals surface area contributed by atoms with Gasteiger partial charge in [0.15, 0.2) is 5.78 Å². The molecule has 1 fully saturated rings. The molecular weight excluding hydrogens is 375 g/mol. The molecule has 4 rings (SSSR count). The van der Waals surface area contributed by atoms with Crippen LogP contribution < -0.4 is 4.90 Å². The van der Waals surface area contributed by atoms with E-state index in [0.29, 0.717) is 37.4 Å². The van der Waals surface area contributed by atoms with Crippen LogP contribution in [0.25, 0.3) is 0 Å². The van der Waals surface area contributed by atoms with Gasteiger partial charge < -0.3 is 9.80 Å². The number of ketones is 1. The summed E-state index contributed by atoms with van der Waals surface area (Å²) in [6.45, 7) is 3.77. The Bertz CT molecular complexity index is 876. The summed E-state index contributed by atoms with van der Waals surface area (Å²) in [7, 11) is 0. The highest BCUT2D eigenvalue weighted by Gasteiger charge is 2.26. The van der Waals surface area contributed by atoms with Gasteiger partial charge in [-0.05, 0) is 62.4 Å². The van der Waals surface area contributed by atoms with E-state index in [2.05, 4.69) is 6.07 Å². The summed E-state index contributed by atoms with van der Waals surface area (Å²) >= 11 is 1.66. The Kier molecular flexibility index (Phi) is 5.49. The van der Waals surface area contributed by atoms with E-state index in [0.717, 1.165) is 17.7 Å². The molecule has 0 unspecified atom stereocenters. The van der Waals surface area contributed by atoms with Crippen molar-refractivity contribution in [1.82, 2.24) is 4.90 Å². The number of nitrogens with zero attached hydrogens (tertiary/aromatic N) is 2. The molecular formula is C22H25FN2O2S. The van der Waals surface area contributed by atoms with Gasteiger partial charge in [0, 0.05) is 36.6 Å². The number of hydrogen-bond acceptors (Lipinski definition) is 4. The molecule has 0 radical (unpaired) electrons. The van der Waals surface area contributed by atoms with E-state index in [4.69, 9.17) is 0 Å². The Morgan fingerprint density at radius 2 is 1.75 bits per heavy atom. The first kappa shape index (κ1) is 19.1. The lowest BCUT2D eigenvalue weighted by atomic mass is 10.1. The Balaban J connectivity index is 1.41. The van der Waals surface area contributed by atoms with Crippen molar-refractivity contribution in [3.05, 3.63) is 51.0 Å². The smallest absolute Gasteiger partial charge is 0.264 e. The molecule has 1 aromatic heterocycles. The fourth-order valence-electron chi connectivity index (χ4n) is 4.06. The second-order valence-corrected chi connectivity index (χ2v) is 8.76. The van der Waals surface area contributed by atoms with E-state index in [1.54, 1.807) is 23.5 Å². The maximum atomic E-state index is 14.4. The first-order valence-corrected chi connectivity index (χ1v) is 10.8. The second kappa shape index (κ2) is 8.03. The summed E-state index contributed by atoms with van der Waals surface area (Å²) in [4.78, 5) is 30.4. The number of anilines is 1. The van der Waals surface area contributed by atoms with Gasteiger partial charge in [0.2, 0.25) is 0 Å². The highest BCUT2D eigenvalue weighted by atomic mass is 32.1. The van der Waals surface area contributed by atoms with Crippen molar-refractivity contribution in [1.29, 1.82) is 0 Å². The highest BCUT2D eigenvalue weighted by Crippen LogP contribution is 2.30. The largest absolute Gasteiger partial charge is 0.366 e. The molecule has 0 saturated carbocycles. The van der Waals surface area contributed by atoms with Gasteiger partial charge in [-0.25, -0.2) is 4.39 Å². The molecule has 1 aliphatic heterocycles. The van der Waals surface area contributed by atoms with E-state index >= 15 is 0 Å². The van der Waals surface area contributed by atoms with Gasteiger partial charge in [0.25, 0.3) is 5.91 Å². The predicted octanol–water partition coefficient (Wildman–Crippen LogP) is 4.32. The molecule has 2 aliphatic rings. The number of piperazine rings is 1. The molecule has 0 N–H and O–H groups in total. The van der Waals surface area contributed by atoms with Gasteiger partial charge in [-0.2, -0.15) is 0 Å². The minimum atomic E-state index is -0.380. The summed E-state index contributed by atoms with van der Waals surface area (Å²) in [5, 5.41) is 0. The van der Waals surface area contributed by atoms with E-state index < -0.39 is 0 Å². The molecule has 1 amide bonds. The van der Waals surface area contributed by atoms with E-state index in [1.807, 2.05) is 9.80 Å². The van der Waals surface area contributed by atoms with Gasteiger partial charge in [-0.15, -0.1) is 11.3 Å². The van der Waals surface area contributed by atoms with E-state index in [1.165, 1.54) is 42.7 Å². The topological polar surface area (TPSA) is 40.6 Å². The monoisotopic (exact) mass is 400 g/mol. The van der Waals surface area contributed by atoms with Crippen molar-refractivity contribution in [3.8, 4) is 0 Å². The number of rotatable bonds is 3. The summed E-state index contributed by atoms with van der Waals surface area (Å²) < 4.78 is 14.4. The highest BCUT2D eigenvalue weighted by molar-refractivity contribution is 7.14. The fraction of sp³-hybridized carbons (Fsp3) is 0.455. The third-order valence-electron chi connectivity index (χ3n) is 5.72. The zero-order valence-electron chi connectivity index (χ0n) is 16.2. The van der Waals surface area contributed by atoms with Crippen LogP contribution in [0.2, 0.25) is 0 Å². The van der Waals surface area contributed by atoms with Gasteiger partial charge in [-0.3, -0.25) is 9.59 Å². The molecule has 0 atom stereocenters. The lowest BCUT2D eigenvalue weighted by Crippen LogP contribution is -2.48. The van der Waals surface area contributed by atoms with Crippen LogP contribution in [-0.2, 0) is 12.8 Å². The molecule has 0 bridgehead atoms. The van der Waals surface area contributed by atoms with Crippen molar-refractivity contribution >= 4 is 28.7 Å². The van der Waals surface area contributed by atoms with Crippen molar-refractivity contribution < 1.29 is 14.0 Å². The van der Waals surface area contributed by atoms with Crippen LogP contribution in [0.4, 0.5) is 10.1 Å². The van der Waals surface area contributed by atoms with Crippen LogP contribution in [0.5, 0.6) is 0 Å². The third kappa shape index (κ3) is 3.83. The molecule has 0 spiro atoms. The summed E-state index contributed by atoms with van der Waals surface area (Å²) in [5.41, 5.74) is 2.24. The Hall–Kier alpha value is -2.21. The number of amides is 1. The molecule has 148 valence electrons. The first-order chi connectivity index (χ1) is 13.5. The van der Waals surface area contributed by atoms with Crippen LogP contribution in [0.1, 0.15) is 56.7 Å². The quantitative estimate of drug-likeness (QED) is 0.569. The van der Waals surface area contributed by atoms with E-state index in [-0.39, 0.29) is 17.5 Å².